The van der Waals surface area contributed by atoms with Crippen LogP contribution in [0.1, 0.15) is 50.4 Å². The van der Waals surface area contributed by atoms with E-state index in [0.717, 1.165) is 37.5 Å². The van der Waals surface area contributed by atoms with Crippen LogP contribution in [-0.4, -0.2) is 18.0 Å². The molecule has 178 valence electrons. The number of benzene rings is 2. The van der Waals surface area contributed by atoms with Crippen LogP contribution in [0.25, 0.3) is 0 Å². The summed E-state index contributed by atoms with van der Waals surface area (Å²) in [5.41, 5.74) is -0.664. The third-order valence-corrected chi connectivity index (χ3v) is 6.47. The summed E-state index contributed by atoms with van der Waals surface area (Å²) in [7, 11) is 0. The van der Waals surface area contributed by atoms with Gasteiger partial charge in [0.05, 0.1) is 10.0 Å². The number of ether oxygens (including phenoxy) is 1. The topological polar surface area (TPSA) is 67.4 Å². The predicted molar refractivity (Wildman–Crippen MR) is 125 cm³/mol. The zero-order valence-electron chi connectivity index (χ0n) is 18.6. The van der Waals surface area contributed by atoms with Crippen molar-refractivity contribution in [3.05, 3.63) is 57.6 Å². The molecule has 3 rings (SSSR count). The van der Waals surface area contributed by atoms with Crippen LogP contribution in [0.4, 0.5) is 19.3 Å². The number of halogens is 4. The van der Waals surface area contributed by atoms with Crippen LogP contribution in [0.3, 0.4) is 0 Å². The van der Waals surface area contributed by atoms with Crippen LogP contribution >= 0.6 is 23.2 Å². The molecule has 3 atom stereocenters. The molecule has 3 unspecified atom stereocenters. The SMILES string of the molecule is CC1CCC(C(C)C)C(Oc2c(Cl)cc(NC(=O)NC(=O)c3c(F)cccc3F)cc2Cl)C1. The Morgan fingerprint density at radius 2 is 1.70 bits per heavy atom. The van der Waals surface area contributed by atoms with Crippen molar-refractivity contribution < 1.29 is 23.1 Å². The van der Waals surface area contributed by atoms with E-state index in [-0.39, 0.29) is 21.8 Å². The fraction of sp³-hybridized carbons (Fsp3) is 0.417. The van der Waals surface area contributed by atoms with Crippen LogP contribution in [0.15, 0.2) is 30.3 Å². The van der Waals surface area contributed by atoms with E-state index in [0.29, 0.717) is 23.5 Å². The Bertz CT molecular complexity index is 1010. The zero-order valence-corrected chi connectivity index (χ0v) is 20.1. The lowest BCUT2D eigenvalue weighted by molar-refractivity contribution is 0.0461. The summed E-state index contributed by atoms with van der Waals surface area (Å²) in [6, 6.07) is 4.84. The van der Waals surface area contributed by atoms with Crippen molar-refractivity contribution in [1.82, 2.24) is 5.32 Å². The van der Waals surface area contributed by atoms with Crippen molar-refractivity contribution in [2.75, 3.05) is 5.32 Å². The number of hydrogen-bond donors (Lipinski definition) is 2. The Balaban J connectivity index is 1.71. The standard InChI is InChI=1S/C24H26Cl2F2N2O3/c1-12(2)15-8-7-13(3)9-20(15)33-22-16(25)10-14(11-17(22)26)29-24(32)30-23(31)21-18(27)5-4-6-19(21)28/h4-6,10-13,15,20H,7-9H2,1-3H3,(H2,29,30,31,32). The summed E-state index contributed by atoms with van der Waals surface area (Å²) in [6.07, 6.45) is 3.08. The number of carbonyl (C=O) groups excluding carboxylic acids is 2. The van der Waals surface area contributed by atoms with Crippen molar-refractivity contribution >= 4 is 40.8 Å². The fourth-order valence-electron chi connectivity index (χ4n) is 4.19. The van der Waals surface area contributed by atoms with E-state index in [1.807, 2.05) is 5.32 Å². The van der Waals surface area contributed by atoms with E-state index in [2.05, 4.69) is 26.1 Å². The van der Waals surface area contributed by atoms with Crippen molar-refractivity contribution in [3.8, 4) is 5.75 Å². The summed E-state index contributed by atoms with van der Waals surface area (Å²) >= 11 is 12.8. The van der Waals surface area contributed by atoms with Gasteiger partial charge in [0.2, 0.25) is 0 Å². The van der Waals surface area contributed by atoms with Crippen LogP contribution in [-0.2, 0) is 0 Å². The third kappa shape index (κ3) is 6.15. The largest absolute Gasteiger partial charge is 0.487 e. The molecule has 2 N–H and O–H groups in total. The van der Waals surface area contributed by atoms with Gasteiger partial charge in [-0.05, 0) is 54.9 Å². The minimum atomic E-state index is -1.22. The average molecular weight is 499 g/mol. The second-order valence-electron chi connectivity index (χ2n) is 8.76. The molecule has 5 nitrogen and oxygen atoms in total. The van der Waals surface area contributed by atoms with Crippen LogP contribution in [0.2, 0.25) is 10.0 Å². The number of imide groups is 1. The van der Waals surface area contributed by atoms with Gasteiger partial charge in [0.25, 0.3) is 5.91 Å². The van der Waals surface area contributed by atoms with Crippen molar-refractivity contribution in [2.45, 2.75) is 46.1 Å². The van der Waals surface area contributed by atoms with Gasteiger partial charge in [-0.1, -0.05) is 56.5 Å². The van der Waals surface area contributed by atoms with Gasteiger partial charge in [0.15, 0.2) is 5.75 Å². The fourth-order valence-corrected chi connectivity index (χ4v) is 4.77. The molecule has 0 radical (unpaired) electrons. The number of nitrogens with one attached hydrogen (secondary N) is 2. The van der Waals surface area contributed by atoms with Crippen LogP contribution in [0.5, 0.6) is 5.75 Å². The third-order valence-electron chi connectivity index (χ3n) is 5.90. The highest BCUT2D eigenvalue weighted by Gasteiger charge is 2.33. The zero-order chi connectivity index (χ0) is 24.3. The van der Waals surface area contributed by atoms with Gasteiger partial charge in [0.1, 0.15) is 23.3 Å². The van der Waals surface area contributed by atoms with Gasteiger partial charge in [0, 0.05) is 5.69 Å². The van der Waals surface area contributed by atoms with Crippen LogP contribution < -0.4 is 15.4 Å². The summed E-state index contributed by atoms with van der Waals surface area (Å²) in [5.74, 6) is -1.69. The van der Waals surface area contributed by atoms with E-state index >= 15 is 0 Å². The Kier molecular flexibility index (Phi) is 8.19. The van der Waals surface area contributed by atoms with Crippen molar-refractivity contribution in [3.63, 3.8) is 0 Å². The Morgan fingerprint density at radius 3 is 2.27 bits per heavy atom. The monoisotopic (exact) mass is 498 g/mol. The van der Waals surface area contributed by atoms with Gasteiger partial charge in [-0.25, -0.2) is 13.6 Å². The number of rotatable bonds is 5. The molecule has 33 heavy (non-hydrogen) atoms. The summed E-state index contributed by atoms with van der Waals surface area (Å²) in [6.45, 7) is 6.52. The minimum absolute atomic E-state index is 0.0286. The highest BCUT2D eigenvalue weighted by Crippen LogP contribution is 2.41. The second-order valence-corrected chi connectivity index (χ2v) is 9.57. The molecule has 9 heteroatoms. The molecule has 2 aromatic carbocycles. The molecular formula is C24H26Cl2F2N2O3. The molecule has 0 spiro atoms. The molecule has 1 aliphatic rings. The Morgan fingerprint density at radius 1 is 1.09 bits per heavy atom. The van der Waals surface area contributed by atoms with E-state index < -0.39 is 29.1 Å². The quantitative estimate of drug-likeness (QED) is 0.462. The number of urea groups is 1. The lowest BCUT2D eigenvalue weighted by atomic mass is 9.75. The van der Waals surface area contributed by atoms with Gasteiger partial charge in [-0.2, -0.15) is 0 Å². The number of carbonyl (C=O) groups is 2. The van der Waals surface area contributed by atoms with E-state index in [1.165, 1.54) is 12.1 Å². The van der Waals surface area contributed by atoms with E-state index in [1.54, 1.807) is 0 Å². The van der Waals surface area contributed by atoms with Gasteiger partial charge in [-0.3, -0.25) is 10.1 Å². The maximum Gasteiger partial charge on any atom is 0.326 e. The van der Waals surface area contributed by atoms with Gasteiger partial charge < -0.3 is 10.1 Å². The van der Waals surface area contributed by atoms with Crippen molar-refractivity contribution in [2.24, 2.45) is 17.8 Å². The van der Waals surface area contributed by atoms with Gasteiger partial charge in [-0.15, -0.1) is 0 Å². The molecule has 0 heterocycles. The first kappa shape index (κ1) is 25.2. The van der Waals surface area contributed by atoms with Gasteiger partial charge >= 0.3 is 6.03 Å². The molecule has 2 aromatic rings. The molecule has 0 bridgehead atoms. The summed E-state index contributed by atoms with van der Waals surface area (Å²) < 4.78 is 33.7. The predicted octanol–water partition coefficient (Wildman–Crippen LogP) is 7.07. The molecule has 1 fully saturated rings. The van der Waals surface area contributed by atoms with E-state index in [9.17, 15) is 18.4 Å². The smallest absolute Gasteiger partial charge is 0.326 e. The first-order chi connectivity index (χ1) is 15.6. The summed E-state index contributed by atoms with van der Waals surface area (Å²) in [5, 5.41) is 4.67. The molecule has 1 aliphatic carbocycles. The van der Waals surface area contributed by atoms with Crippen LogP contribution in [0, 0.1) is 29.4 Å². The second kappa shape index (κ2) is 10.7. The van der Waals surface area contributed by atoms with Crippen molar-refractivity contribution in [1.29, 1.82) is 0 Å². The van der Waals surface area contributed by atoms with E-state index in [4.69, 9.17) is 27.9 Å². The molecule has 0 aliphatic heterocycles. The number of hydrogen-bond acceptors (Lipinski definition) is 3. The summed E-state index contributed by atoms with van der Waals surface area (Å²) in [4.78, 5) is 24.3. The molecule has 0 saturated heterocycles. The average Bonchev–Trinajstić information content (AvgIpc) is 2.70. The molecule has 0 aromatic heterocycles. The lowest BCUT2D eigenvalue weighted by Gasteiger charge is -2.37. The molecule has 3 amide bonds. The first-order valence-corrected chi connectivity index (χ1v) is 11.5. The maximum absolute atomic E-state index is 13.7. The Hall–Kier alpha value is -2.38. The highest BCUT2D eigenvalue weighted by atomic mass is 35.5. The number of amides is 3. The maximum atomic E-state index is 13.7. The molecule has 1 saturated carbocycles. The highest BCUT2D eigenvalue weighted by molar-refractivity contribution is 6.37. The normalized spacial score (nSPS) is 20.4. The Labute approximate surface area is 201 Å². The minimum Gasteiger partial charge on any atom is -0.487 e. The number of anilines is 1. The first-order valence-electron chi connectivity index (χ1n) is 10.8. The lowest BCUT2D eigenvalue weighted by Crippen LogP contribution is -2.36. The molecular weight excluding hydrogens is 473 g/mol.